The molecular weight excluding hydrogens is 149 g/mol. The van der Waals surface area contributed by atoms with E-state index in [0.29, 0.717) is 0 Å². The van der Waals surface area contributed by atoms with Gasteiger partial charge in [0.25, 0.3) is 0 Å². The molecule has 0 aromatic carbocycles. The Morgan fingerprint density at radius 1 is 2.00 bits per heavy atom. The summed E-state index contributed by atoms with van der Waals surface area (Å²) in [6.07, 6.45) is 0. The number of halogens is 1. The maximum Gasteiger partial charge on any atom is 0.327 e. The highest BCUT2D eigenvalue weighted by Gasteiger charge is 2.12. The number of rotatable bonds is 3. The molecule has 0 aromatic heterocycles. The lowest BCUT2D eigenvalue weighted by molar-refractivity contribution is -0.129. The summed E-state index contributed by atoms with van der Waals surface area (Å²) >= 11 is 7.68. The second-order valence-electron chi connectivity index (χ2n) is 1.11. The maximum absolute atomic E-state index is 11.5. The second kappa shape index (κ2) is 3.91. The van der Waals surface area contributed by atoms with E-state index in [1.165, 1.54) is 0 Å². The lowest BCUT2D eigenvalue weighted by atomic mass is 10.4. The number of thiol groups is 1. The van der Waals surface area contributed by atoms with Crippen molar-refractivity contribution in [1.29, 1.82) is 0 Å². The molecule has 0 N–H and O–H groups in total. The van der Waals surface area contributed by atoms with Crippen LogP contribution in [0.3, 0.4) is 0 Å². The summed E-state index contributed by atoms with van der Waals surface area (Å²) in [6, 6.07) is -2.57. The van der Waals surface area contributed by atoms with Crippen molar-refractivity contribution in [2.24, 2.45) is 4.36 Å². The number of carbonyl (C=O) groups is 1. The van der Waals surface area contributed by atoms with Crippen molar-refractivity contribution in [2.45, 2.75) is 6.04 Å². The van der Waals surface area contributed by atoms with Gasteiger partial charge in [0.05, 0.1) is 0 Å². The molecule has 0 radical (unpaired) electrons. The largest absolute Gasteiger partial charge is 0.327 e. The Balaban J connectivity index is 3.69. The van der Waals surface area contributed by atoms with Crippen molar-refractivity contribution in [3.8, 4) is 0 Å². The average Bonchev–Trinajstić information content (AvgIpc) is 1.69. The molecule has 8 heavy (non-hydrogen) atoms. The van der Waals surface area contributed by atoms with Crippen molar-refractivity contribution in [2.75, 3.05) is 5.75 Å². The summed E-state index contributed by atoms with van der Waals surface area (Å²) in [5.74, 6) is 0.0405. The number of hydrogen-bond donors (Lipinski definition) is 1. The van der Waals surface area contributed by atoms with Gasteiger partial charge in [0.1, 0.15) is 0 Å². The molecule has 0 bridgehead atoms. The van der Waals surface area contributed by atoms with E-state index < -0.39 is 12.1 Å². The average molecular weight is 153 g/mol. The highest BCUT2D eigenvalue weighted by atomic mass is 32.1. The fourth-order valence-electron chi connectivity index (χ4n) is 0.147. The minimum Gasteiger partial charge on any atom is -0.259 e. The van der Waals surface area contributed by atoms with Crippen molar-refractivity contribution in [3.05, 3.63) is 0 Å². The van der Waals surface area contributed by atoms with Crippen LogP contribution in [0.2, 0.25) is 0 Å². The fourth-order valence-corrected chi connectivity index (χ4v) is 0.640. The summed E-state index contributed by atoms with van der Waals surface area (Å²) in [4.78, 5) is 9.73. The smallest absolute Gasteiger partial charge is 0.259 e. The predicted octanol–water partition coefficient (Wildman–Crippen LogP) is 0.511. The van der Waals surface area contributed by atoms with Gasteiger partial charge in [-0.05, 0) is 0 Å². The van der Waals surface area contributed by atoms with Crippen LogP contribution in [0.5, 0.6) is 0 Å². The Labute approximate surface area is 57.0 Å². The zero-order chi connectivity index (χ0) is 6.57. The zero-order valence-corrected chi connectivity index (χ0v) is 5.58. The second-order valence-corrected chi connectivity index (χ2v) is 1.68. The molecule has 1 atom stereocenters. The molecule has 2 nitrogen and oxygen atoms in total. The van der Waals surface area contributed by atoms with Gasteiger partial charge in [0.15, 0.2) is 6.04 Å². The summed E-state index contributed by atoms with van der Waals surface area (Å²) in [6.45, 7) is 0. The van der Waals surface area contributed by atoms with Crippen LogP contribution in [-0.4, -0.2) is 17.8 Å². The number of carbonyl (C=O) groups excluding carboxylic acids is 1. The summed E-state index contributed by atoms with van der Waals surface area (Å²) < 4.78 is 14.5. The van der Waals surface area contributed by atoms with Gasteiger partial charge in [-0.2, -0.15) is 17.0 Å². The van der Waals surface area contributed by atoms with Gasteiger partial charge in [0.2, 0.25) is 0 Å². The Bertz CT molecular complexity index is 107. The van der Waals surface area contributed by atoms with Gasteiger partial charge in [-0.25, -0.2) is 4.36 Å². The van der Waals surface area contributed by atoms with Crippen LogP contribution in [0.15, 0.2) is 4.36 Å². The normalized spacial score (nSPS) is 12.8. The lowest BCUT2D eigenvalue weighted by Crippen LogP contribution is -2.14. The molecule has 0 aliphatic carbocycles. The van der Waals surface area contributed by atoms with Crippen LogP contribution >= 0.6 is 12.6 Å². The quantitative estimate of drug-likeness (QED) is 0.473. The van der Waals surface area contributed by atoms with Crippen LogP contribution in [0.25, 0.3) is 0 Å². The van der Waals surface area contributed by atoms with Crippen molar-refractivity contribution in [1.82, 2.24) is 0 Å². The minimum atomic E-state index is -1.52. The Morgan fingerprint density at radius 2 is 2.50 bits per heavy atom. The number of nitrogens with zero attached hydrogens (tertiary/aromatic N) is 1. The summed E-state index contributed by atoms with van der Waals surface area (Å²) in [7, 11) is 0. The van der Waals surface area contributed by atoms with E-state index in [0.717, 1.165) is 0 Å². The molecule has 5 heteroatoms. The van der Waals surface area contributed by atoms with Crippen molar-refractivity contribution in [3.63, 3.8) is 0 Å². The third-order valence-electron chi connectivity index (χ3n) is 0.562. The van der Waals surface area contributed by atoms with Gasteiger partial charge in [0, 0.05) is 18.2 Å². The third-order valence-corrected chi connectivity index (χ3v) is 1.16. The molecule has 0 heterocycles. The number of hydrogen-bond acceptors (Lipinski definition) is 4. The molecule has 0 rings (SSSR count). The van der Waals surface area contributed by atoms with E-state index in [2.05, 4.69) is 29.4 Å². The first-order valence-corrected chi connectivity index (χ1v) is 2.84. The van der Waals surface area contributed by atoms with Crippen LogP contribution in [0.4, 0.5) is 4.39 Å². The topological polar surface area (TPSA) is 29.4 Å². The van der Waals surface area contributed by atoms with Crippen LogP contribution in [0, 0.1) is 0 Å². The van der Waals surface area contributed by atoms with Gasteiger partial charge >= 0.3 is 6.04 Å². The van der Waals surface area contributed by atoms with Crippen LogP contribution < -0.4 is 0 Å². The fraction of sp³-hybridized carbons (Fsp3) is 0.667. The standard InChI is InChI=1S/C3H4FNOS2/c4-3(6)2(1-7)5-8/h2,7H,1H2/t2-/m0/s1. The predicted molar refractivity (Wildman–Crippen MR) is 33.5 cm³/mol. The zero-order valence-electron chi connectivity index (χ0n) is 3.87. The van der Waals surface area contributed by atoms with Crippen molar-refractivity contribution >= 4 is 31.1 Å². The van der Waals surface area contributed by atoms with Gasteiger partial charge in [-0.1, -0.05) is 0 Å². The molecule has 0 saturated heterocycles. The minimum absolute atomic E-state index is 0.0405. The van der Waals surface area contributed by atoms with Gasteiger partial charge in [-0.15, -0.1) is 0 Å². The Hall–Kier alpha value is -0.0300. The Kier molecular flexibility index (Phi) is 3.90. The van der Waals surface area contributed by atoms with E-state index in [4.69, 9.17) is 0 Å². The molecule has 0 unspecified atom stereocenters. The molecule has 0 aromatic rings. The van der Waals surface area contributed by atoms with E-state index in [-0.39, 0.29) is 5.75 Å². The van der Waals surface area contributed by atoms with E-state index in [9.17, 15) is 9.18 Å². The van der Waals surface area contributed by atoms with Crippen LogP contribution in [-0.2, 0) is 17.2 Å². The molecule has 0 spiro atoms. The van der Waals surface area contributed by atoms with E-state index in [1.807, 2.05) is 0 Å². The first kappa shape index (κ1) is 7.97. The highest BCUT2D eigenvalue weighted by Crippen LogP contribution is 1.95. The van der Waals surface area contributed by atoms with E-state index in [1.54, 1.807) is 0 Å². The Morgan fingerprint density at radius 3 is 2.50 bits per heavy atom. The lowest BCUT2D eigenvalue weighted by Gasteiger charge is -1.94. The first-order valence-electron chi connectivity index (χ1n) is 1.85. The maximum atomic E-state index is 11.5. The summed E-state index contributed by atoms with van der Waals surface area (Å²) in [5.41, 5.74) is 0. The van der Waals surface area contributed by atoms with Gasteiger partial charge in [-0.3, -0.25) is 4.79 Å². The molecule has 46 valence electrons. The molecule has 0 amide bonds. The van der Waals surface area contributed by atoms with Crippen LogP contribution in [0.1, 0.15) is 0 Å². The SMILES string of the molecule is O=C(F)[C@H](CS)N=S. The highest BCUT2D eigenvalue weighted by molar-refractivity contribution is 7.80. The molecule has 0 aliphatic heterocycles. The molecule has 0 saturated carbocycles. The van der Waals surface area contributed by atoms with E-state index >= 15 is 0 Å². The first-order chi connectivity index (χ1) is 3.72. The van der Waals surface area contributed by atoms with Gasteiger partial charge < -0.3 is 0 Å². The summed E-state index contributed by atoms with van der Waals surface area (Å²) in [5, 5.41) is 0. The molecule has 0 aliphatic rings. The van der Waals surface area contributed by atoms with Crippen molar-refractivity contribution < 1.29 is 9.18 Å². The monoisotopic (exact) mass is 153 g/mol. The molecular formula is C3H4FNOS2. The molecule has 0 fully saturated rings. The third kappa shape index (κ3) is 2.32.